The zero-order chi connectivity index (χ0) is 17.5. The van der Waals surface area contributed by atoms with Gasteiger partial charge in [0.05, 0.1) is 19.3 Å². The molecule has 1 fully saturated rings. The van der Waals surface area contributed by atoms with Crippen LogP contribution in [0.4, 0.5) is 4.79 Å². The van der Waals surface area contributed by atoms with E-state index in [1.807, 2.05) is 24.0 Å². The van der Waals surface area contributed by atoms with E-state index < -0.39 is 0 Å². The van der Waals surface area contributed by atoms with Crippen LogP contribution in [0.2, 0.25) is 0 Å². The van der Waals surface area contributed by atoms with Crippen LogP contribution >= 0.6 is 11.3 Å². The number of hydrogen-bond donors (Lipinski definition) is 1. The number of ether oxygens (including phenoxy) is 1. The Hall–Kier alpha value is -2.06. The summed E-state index contributed by atoms with van der Waals surface area (Å²) in [4.78, 5) is 18.3. The number of pyridine rings is 1. The van der Waals surface area contributed by atoms with Crippen molar-refractivity contribution >= 4 is 17.4 Å². The van der Waals surface area contributed by atoms with Gasteiger partial charge in [0.1, 0.15) is 10.0 Å². The van der Waals surface area contributed by atoms with Gasteiger partial charge in [-0.2, -0.15) is 0 Å². The zero-order valence-electron chi connectivity index (χ0n) is 14.4. The van der Waals surface area contributed by atoms with Crippen molar-refractivity contribution in [2.75, 3.05) is 13.1 Å². The smallest absolute Gasteiger partial charge is 0.317 e. The van der Waals surface area contributed by atoms with E-state index >= 15 is 0 Å². The third-order valence-corrected chi connectivity index (χ3v) is 5.14. The molecule has 1 aliphatic heterocycles. The molecule has 0 saturated carbocycles. The number of nitrogens with zero attached hydrogens (tertiary/aromatic N) is 4. The van der Waals surface area contributed by atoms with E-state index in [4.69, 9.17) is 4.74 Å². The van der Waals surface area contributed by atoms with E-state index in [-0.39, 0.29) is 12.1 Å². The highest BCUT2D eigenvalue weighted by Gasteiger charge is 2.24. The van der Waals surface area contributed by atoms with Gasteiger partial charge >= 0.3 is 6.03 Å². The predicted octanol–water partition coefficient (Wildman–Crippen LogP) is 2.39. The summed E-state index contributed by atoms with van der Waals surface area (Å²) < 4.78 is 5.95. The molecule has 3 rings (SSSR count). The highest BCUT2D eigenvalue weighted by molar-refractivity contribution is 7.11. The number of aryl methyl sites for hydroxylation is 1. The second-order valence-corrected chi connectivity index (χ2v) is 7.13. The summed E-state index contributed by atoms with van der Waals surface area (Å²) >= 11 is 1.54. The number of carbonyl (C=O) groups excluding carboxylic acids is 1. The number of piperidine rings is 1. The molecule has 7 nitrogen and oxygen atoms in total. The van der Waals surface area contributed by atoms with E-state index in [0.717, 1.165) is 41.4 Å². The molecule has 2 aromatic rings. The third kappa shape index (κ3) is 5.20. The van der Waals surface area contributed by atoms with Gasteiger partial charge in [0.25, 0.3) is 0 Å². The minimum absolute atomic E-state index is 0.0629. The molecular formula is C17H23N5O2S. The van der Waals surface area contributed by atoms with Gasteiger partial charge in [0, 0.05) is 25.5 Å². The van der Waals surface area contributed by atoms with Crippen molar-refractivity contribution < 1.29 is 9.53 Å². The number of rotatable bonds is 6. The molecule has 0 aromatic carbocycles. The van der Waals surface area contributed by atoms with E-state index in [1.54, 1.807) is 23.7 Å². The van der Waals surface area contributed by atoms with Crippen LogP contribution in [0.15, 0.2) is 24.5 Å². The van der Waals surface area contributed by atoms with Gasteiger partial charge in [-0.15, -0.1) is 10.2 Å². The van der Waals surface area contributed by atoms with Crippen molar-refractivity contribution in [2.24, 2.45) is 0 Å². The van der Waals surface area contributed by atoms with Crippen molar-refractivity contribution in [3.63, 3.8) is 0 Å². The van der Waals surface area contributed by atoms with Crippen LogP contribution in [0.3, 0.4) is 0 Å². The number of nitrogens with one attached hydrogen (secondary N) is 1. The Morgan fingerprint density at radius 3 is 3.08 bits per heavy atom. The first kappa shape index (κ1) is 17.8. The molecule has 0 aliphatic carbocycles. The molecule has 1 atom stereocenters. The van der Waals surface area contributed by atoms with Crippen LogP contribution in [0.25, 0.3) is 0 Å². The Labute approximate surface area is 151 Å². The third-order valence-electron chi connectivity index (χ3n) is 4.08. The fourth-order valence-electron chi connectivity index (χ4n) is 2.72. The predicted molar refractivity (Wildman–Crippen MR) is 95.1 cm³/mol. The molecule has 1 aliphatic rings. The molecule has 2 aromatic heterocycles. The van der Waals surface area contributed by atoms with E-state index in [0.29, 0.717) is 19.7 Å². The molecule has 0 spiro atoms. The van der Waals surface area contributed by atoms with Crippen molar-refractivity contribution in [3.05, 3.63) is 40.1 Å². The molecule has 1 unspecified atom stereocenters. The maximum absolute atomic E-state index is 12.4. The maximum atomic E-state index is 12.4. The summed E-state index contributed by atoms with van der Waals surface area (Å²) in [7, 11) is 0. The first-order chi connectivity index (χ1) is 12.2. The summed E-state index contributed by atoms with van der Waals surface area (Å²) in [5, 5.41) is 12.9. The Kier molecular flexibility index (Phi) is 6.30. The van der Waals surface area contributed by atoms with Gasteiger partial charge in [0.2, 0.25) is 0 Å². The molecule has 3 heterocycles. The summed E-state index contributed by atoms with van der Waals surface area (Å²) in [5.74, 6) is 0. The minimum atomic E-state index is -0.0667. The fraction of sp³-hybridized carbons (Fsp3) is 0.529. The van der Waals surface area contributed by atoms with E-state index in [2.05, 4.69) is 20.5 Å². The molecule has 134 valence electrons. The number of hydrogen-bond acceptors (Lipinski definition) is 6. The summed E-state index contributed by atoms with van der Waals surface area (Å²) in [6.07, 6.45) is 6.41. The first-order valence-electron chi connectivity index (χ1n) is 8.59. The topological polar surface area (TPSA) is 80.2 Å². The first-order valence-corrected chi connectivity index (χ1v) is 9.40. The molecular weight excluding hydrogens is 338 g/mol. The number of urea groups is 1. The number of aromatic nitrogens is 3. The number of amides is 2. The van der Waals surface area contributed by atoms with E-state index in [1.165, 1.54) is 0 Å². The van der Waals surface area contributed by atoms with Crippen LogP contribution in [0.5, 0.6) is 0 Å². The standard InChI is InChI=1S/C17H23N5O2S/c1-2-15-20-21-16(25-15)10-19-17(23)22-8-4-6-14(11-22)24-12-13-5-3-7-18-9-13/h3,5,7,9,14H,2,4,6,8,10-12H2,1H3,(H,19,23). The number of likely N-dealkylation sites (tertiary alicyclic amines) is 1. The van der Waals surface area contributed by atoms with Crippen LogP contribution in [0.1, 0.15) is 35.3 Å². The second kappa shape index (κ2) is 8.87. The molecule has 8 heteroatoms. The second-order valence-electron chi connectivity index (χ2n) is 5.98. The Morgan fingerprint density at radius 2 is 2.32 bits per heavy atom. The molecule has 1 N–H and O–H groups in total. The van der Waals surface area contributed by atoms with Crippen molar-refractivity contribution in [3.8, 4) is 0 Å². The van der Waals surface area contributed by atoms with Crippen molar-refractivity contribution in [2.45, 2.75) is 45.4 Å². The van der Waals surface area contributed by atoms with Crippen LogP contribution < -0.4 is 5.32 Å². The lowest BCUT2D eigenvalue weighted by Crippen LogP contribution is -2.47. The van der Waals surface area contributed by atoms with Gasteiger partial charge in [-0.1, -0.05) is 24.3 Å². The van der Waals surface area contributed by atoms with Gasteiger partial charge in [-0.05, 0) is 30.9 Å². The molecule has 0 bridgehead atoms. The quantitative estimate of drug-likeness (QED) is 0.854. The largest absolute Gasteiger partial charge is 0.372 e. The Morgan fingerprint density at radius 1 is 1.44 bits per heavy atom. The summed E-state index contributed by atoms with van der Waals surface area (Å²) in [6, 6.07) is 3.83. The molecule has 0 radical (unpaired) electrons. The number of carbonyl (C=O) groups is 1. The van der Waals surface area contributed by atoms with Crippen LogP contribution in [-0.2, 0) is 24.3 Å². The van der Waals surface area contributed by atoms with E-state index in [9.17, 15) is 4.79 Å². The molecule has 1 saturated heterocycles. The van der Waals surface area contributed by atoms with Crippen molar-refractivity contribution in [1.82, 2.24) is 25.4 Å². The van der Waals surface area contributed by atoms with Gasteiger partial charge in [0.15, 0.2) is 0 Å². The lowest BCUT2D eigenvalue weighted by molar-refractivity contribution is -0.000460. The molecule has 25 heavy (non-hydrogen) atoms. The van der Waals surface area contributed by atoms with Gasteiger partial charge < -0.3 is 15.0 Å². The average Bonchev–Trinajstić information content (AvgIpc) is 3.14. The monoisotopic (exact) mass is 361 g/mol. The van der Waals surface area contributed by atoms with Gasteiger partial charge in [-0.25, -0.2) is 4.79 Å². The SMILES string of the molecule is CCc1nnc(CNC(=O)N2CCCC(OCc3cccnc3)C2)s1. The average molecular weight is 361 g/mol. The zero-order valence-corrected chi connectivity index (χ0v) is 15.2. The minimum Gasteiger partial charge on any atom is -0.372 e. The maximum Gasteiger partial charge on any atom is 0.317 e. The Bertz CT molecular complexity index is 679. The van der Waals surface area contributed by atoms with Crippen molar-refractivity contribution in [1.29, 1.82) is 0 Å². The normalized spacial score (nSPS) is 17.5. The Balaban J connectivity index is 1.44. The summed E-state index contributed by atoms with van der Waals surface area (Å²) in [6.45, 7) is 4.37. The highest BCUT2D eigenvalue weighted by Crippen LogP contribution is 2.15. The van der Waals surface area contributed by atoms with Crippen LogP contribution in [-0.4, -0.2) is 45.3 Å². The highest BCUT2D eigenvalue weighted by atomic mass is 32.1. The van der Waals surface area contributed by atoms with Crippen LogP contribution in [0, 0.1) is 0 Å². The summed E-state index contributed by atoms with van der Waals surface area (Å²) in [5.41, 5.74) is 1.05. The fourth-order valence-corrected chi connectivity index (χ4v) is 3.45. The lowest BCUT2D eigenvalue weighted by Gasteiger charge is -2.32. The van der Waals surface area contributed by atoms with Gasteiger partial charge in [-0.3, -0.25) is 4.98 Å². The molecule has 2 amide bonds. The lowest BCUT2D eigenvalue weighted by atomic mass is 10.1.